The Balaban J connectivity index is 1.97. The van der Waals surface area contributed by atoms with Crippen molar-refractivity contribution in [3.8, 4) is 0 Å². The van der Waals surface area contributed by atoms with Gasteiger partial charge in [-0.25, -0.2) is 4.99 Å². The topological polar surface area (TPSA) is 70.7 Å². The van der Waals surface area contributed by atoms with E-state index in [1.807, 2.05) is 50.2 Å². The van der Waals surface area contributed by atoms with Gasteiger partial charge in [0.25, 0.3) is 5.91 Å². The van der Waals surface area contributed by atoms with Crippen LogP contribution in [0.1, 0.15) is 42.3 Å². The number of carbonyl (C=O) groups excluding carboxylic acids is 1. The molecule has 0 unspecified atom stereocenters. The summed E-state index contributed by atoms with van der Waals surface area (Å²) >= 11 is 0. The minimum absolute atomic E-state index is 0.0574. The number of anilines is 1. The molecule has 0 atom stereocenters. The second-order valence-electron chi connectivity index (χ2n) is 6.05. The number of nitrogens with two attached hydrogens (primary N) is 1. The molecule has 26 heavy (non-hydrogen) atoms. The van der Waals surface area contributed by atoms with Crippen LogP contribution in [0.5, 0.6) is 0 Å². The number of aliphatic imine (C=N–C) groups is 1. The summed E-state index contributed by atoms with van der Waals surface area (Å²) in [4.78, 5) is 18.5. The van der Waals surface area contributed by atoms with Gasteiger partial charge in [0.15, 0.2) is 5.96 Å². The van der Waals surface area contributed by atoms with Crippen LogP contribution in [0.15, 0.2) is 53.5 Å². The number of aryl methyl sites for hydroxylation is 1. The summed E-state index contributed by atoms with van der Waals surface area (Å²) in [6.07, 6.45) is 0.977. The van der Waals surface area contributed by atoms with Gasteiger partial charge in [-0.15, -0.1) is 0 Å². The number of carbonyl (C=O) groups is 1. The highest BCUT2D eigenvalue weighted by molar-refractivity contribution is 5.94. The fourth-order valence-corrected chi connectivity index (χ4v) is 2.68. The molecule has 0 heterocycles. The van der Waals surface area contributed by atoms with Gasteiger partial charge in [0.2, 0.25) is 0 Å². The Bertz CT molecular complexity index is 749. The maximum Gasteiger partial charge on any atom is 0.253 e. The van der Waals surface area contributed by atoms with Crippen molar-refractivity contribution in [2.24, 2.45) is 10.7 Å². The lowest BCUT2D eigenvalue weighted by Crippen LogP contribution is -2.30. The SMILES string of the molecule is CCc1cccc(NC(N)=NCc2ccc(C(=O)N(CC)CC)cc2)c1. The van der Waals surface area contributed by atoms with Gasteiger partial charge >= 0.3 is 0 Å². The molecule has 0 aliphatic carbocycles. The van der Waals surface area contributed by atoms with E-state index >= 15 is 0 Å². The Hall–Kier alpha value is -2.82. The summed E-state index contributed by atoms with van der Waals surface area (Å²) in [7, 11) is 0. The predicted molar refractivity (Wildman–Crippen MR) is 108 cm³/mol. The third-order valence-electron chi connectivity index (χ3n) is 4.29. The van der Waals surface area contributed by atoms with Gasteiger partial charge in [-0.1, -0.05) is 31.2 Å². The zero-order valence-corrected chi connectivity index (χ0v) is 15.8. The maximum absolute atomic E-state index is 12.3. The lowest BCUT2D eigenvalue weighted by Gasteiger charge is -2.18. The third kappa shape index (κ3) is 5.34. The summed E-state index contributed by atoms with van der Waals surface area (Å²) in [6, 6.07) is 15.7. The van der Waals surface area contributed by atoms with E-state index in [2.05, 4.69) is 29.4 Å². The van der Waals surface area contributed by atoms with Crippen molar-refractivity contribution >= 4 is 17.6 Å². The molecule has 2 aromatic carbocycles. The summed E-state index contributed by atoms with van der Waals surface area (Å²) in [5.74, 6) is 0.434. The van der Waals surface area contributed by atoms with Crippen molar-refractivity contribution < 1.29 is 4.79 Å². The van der Waals surface area contributed by atoms with Crippen LogP contribution in [0, 0.1) is 0 Å². The van der Waals surface area contributed by atoms with E-state index in [9.17, 15) is 4.79 Å². The van der Waals surface area contributed by atoms with Crippen molar-refractivity contribution in [1.29, 1.82) is 0 Å². The summed E-state index contributed by atoms with van der Waals surface area (Å²) in [5.41, 5.74) is 9.87. The first-order chi connectivity index (χ1) is 12.6. The van der Waals surface area contributed by atoms with E-state index < -0.39 is 0 Å². The van der Waals surface area contributed by atoms with E-state index in [4.69, 9.17) is 5.73 Å². The first-order valence-corrected chi connectivity index (χ1v) is 9.11. The largest absolute Gasteiger partial charge is 0.370 e. The van der Waals surface area contributed by atoms with Gasteiger partial charge in [0.05, 0.1) is 6.54 Å². The molecule has 5 nitrogen and oxygen atoms in total. The van der Waals surface area contributed by atoms with Gasteiger partial charge < -0.3 is 16.0 Å². The fraction of sp³-hybridized carbons (Fsp3) is 0.333. The number of hydrogen-bond acceptors (Lipinski definition) is 2. The monoisotopic (exact) mass is 352 g/mol. The molecule has 0 fully saturated rings. The Morgan fingerprint density at radius 1 is 1.04 bits per heavy atom. The molecule has 0 saturated heterocycles. The van der Waals surface area contributed by atoms with E-state index in [0.29, 0.717) is 31.2 Å². The maximum atomic E-state index is 12.3. The normalized spacial score (nSPS) is 11.3. The van der Waals surface area contributed by atoms with Crippen molar-refractivity contribution in [2.75, 3.05) is 18.4 Å². The molecule has 0 aromatic heterocycles. The van der Waals surface area contributed by atoms with Gasteiger partial charge in [-0.05, 0) is 55.7 Å². The van der Waals surface area contributed by atoms with E-state index in [0.717, 1.165) is 17.7 Å². The van der Waals surface area contributed by atoms with Crippen LogP contribution in [0.2, 0.25) is 0 Å². The lowest BCUT2D eigenvalue weighted by molar-refractivity contribution is 0.0773. The average Bonchev–Trinajstić information content (AvgIpc) is 2.67. The number of nitrogens with one attached hydrogen (secondary N) is 1. The lowest BCUT2D eigenvalue weighted by atomic mass is 10.1. The Kier molecular flexibility index (Phi) is 7.21. The second kappa shape index (κ2) is 9.61. The number of benzene rings is 2. The highest BCUT2D eigenvalue weighted by atomic mass is 16.2. The Labute approximate surface area is 155 Å². The van der Waals surface area contributed by atoms with Crippen molar-refractivity contribution in [3.63, 3.8) is 0 Å². The smallest absolute Gasteiger partial charge is 0.253 e. The van der Waals surface area contributed by atoms with Crippen LogP contribution < -0.4 is 11.1 Å². The number of hydrogen-bond donors (Lipinski definition) is 2. The first kappa shape index (κ1) is 19.5. The zero-order valence-electron chi connectivity index (χ0n) is 15.8. The first-order valence-electron chi connectivity index (χ1n) is 9.11. The van der Waals surface area contributed by atoms with E-state index in [1.54, 1.807) is 4.90 Å². The minimum Gasteiger partial charge on any atom is -0.370 e. The van der Waals surface area contributed by atoms with Crippen LogP contribution in [-0.4, -0.2) is 29.9 Å². The molecular formula is C21H28N4O. The highest BCUT2D eigenvalue weighted by Gasteiger charge is 2.11. The summed E-state index contributed by atoms with van der Waals surface area (Å²) in [6.45, 7) is 7.97. The van der Waals surface area contributed by atoms with Crippen LogP contribution >= 0.6 is 0 Å². The fourth-order valence-electron chi connectivity index (χ4n) is 2.68. The van der Waals surface area contributed by atoms with Crippen LogP contribution in [0.4, 0.5) is 5.69 Å². The Morgan fingerprint density at radius 2 is 1.73 bits per heavy atom. The third-order valence-corrected chi connectivity index (χ3v) is 4.29. The van der Waals surface area contributed by atoms with Gasteiger partial charge in [-0.2, -0.15) is 0 Å². The van der Waals surface area contributed by atoms with Crippen molar-refractivity contribution in [1.82, 2.24) is 4.90 Å². The number of rotatable bonds is 7. The number of guanidine groups is 1. The molecular weight excluding hydrogens is 324 g/mol. The quantitative estimate of drug-likeness (QED) is 0.590. The molecule has 5 heteroatoms. The average molecular weight is 352 g/mol. The van der Waals surface area contributed by atoms with E-state index in [1.165, 1.54) is 5.56 Å². The predicted octanol–water partition coefficient (Wildman–Crippen LogP) is 3.66. The molecule has 0 saturated carbocycles. The van der Waals surface area contributed by atoms with Crippen LogP contribution in [0.25, 0.3) is 0 Å². The zero-order chi connectivity index (χ0) is 18.9. The molecule has 2 rings (SSSR count). The second-order valence-corrected chi connectivity index (χ2v) is 6.05. The van der Waals surface area contributed by atoms with Crippen molar-refractivity contribution in [3.05, 3.63) is 65.2 Å². The highest BCUT2D eigenvalue weighted by Crippen LogP contribution is 2.11. The Morgan fingerprint density at radius 3 is 2.35 bits per heavy atom. The number of amides is 1. The molecule has 2 aromatic rings. The molecule has 0 spiro atoms. The number of nitrogens with zero attached hydrogens (tertiary/aromatic N) is 2. The molecule has 0 aliphatic heterocycles. The van der Waals surface area contributed by atoms with Gasteiger partial charge in [0, 0.05) is 24.3 Å². The van der Waals surface area contributed by atoms with E-state index in [-0.39, 0.29) is 5.91 Å². The van der Waals surface area contributed by atoms with Crippen LogP contribution in [-0.2, 0) is 13.0 Å². The molecule has 0 aliphatic rings. The minimum atomic E-state index is 0.0574. The molecule has 0 radical (unpaired) electrons. The molecule has 138 valence electrons. The summed E-state index contributed by atoms with van der Waals surface area (Å²) < 4.78 is 0. The summed E-state index contributed by atoms with van der Waals surface area (Å²) in [5, 5.41) is 3.11. The van der Waals surface area contributed by atoms with Gasteiger partial charge in [0.1, 0.15) is 0 Å². The van der Waals surface area contributed by atoms with Gasteiger partial charge in [-0.3, -0.25) is 4.79 Å². The van der Waals surface area contributed by atoms with Crippen molar-refractivity contribution in [2.45, 2.75) is 33.7 Å². The van der Waals surface area contributed by atoms with Crippen LogP contribution in [0.3, 0.4) is 0 Å². The molecule has 1 amide bonds. The molecule has 0 bridgehead atoms. The molecule has 3 N–H and O–H groups in total. The standard InChI is InChI=1S/C21H28N4O/c1-4-16-8-7-9-19(14-16)24-21(22)23-15-17-10-12-18(13-11-17)20(26)25(5-2)6-3/h7-14H,4-6,15H2,1-3H3,(H3,22,23,24).